The van der Waals surface area contributed by atoms with Crippen LogP contribution in [0.5, 0.6) is 0 Å². The van der Waals surface area contributed by atoms with Gasteiger partial charge in [-0.25, -0.2) is 8.78 Å². The van der Waals surface area contributed by atoms with Gasteiger partial charge >= 0.3 is 12.4 Å². The van der Waals surface area contributed by atoms with Crippen molar-refractivity contribution in [2.24, 2.45) is 7.05 Å². The van der Waals surface area contributed by atoms with E-state index in [-0.39, 0.29) is 49.6 Å². The molecule has 0 spiro atoms. The van der Waals surface area contributed by atoms with Crippen molar-refractivity contribution >= 4 is 17.4 Å². The molecule has 0 saturated carbocycles. The second-order valence-corrected chi connectivity index (χ2v) is 11.6. The Bertz CT molecular complexity index is 1810. The van der Waals surface area contributed by atoms with E-state index in [0.717, 1.165) is 22.5 Å². The maximum absolute atomic E-state index is 15.2. The molecule has 3 aromatic rings. The molecule has 258 valence electrons. The number of aryl methyl sites for hydroxylation is 1. The van der Waals surface area contributed by atoms with Crippen LogP contribution in [-0.4, -0.2) is 54.3 Å². The van der Waals surface area contributed by atoms with Gasteiger partial charge in [0.15, 0.2) is 5.78 Å². The van der Waals surface area contributed by atoms with E-state index in [9.17, 15) is 40.7 Å². The molecular weight excluding hydrogens is 658 g/mol. The zero-order valence-electron chi connectivity index (χ0n) is 25.7. The minimum absolute atomic E-state index is 0.0140. The Labute approximate surface area is 268 Å². The number of hydrogen-bond donors (Lipinski definition) is 1. The molecule has 0 unspecified atom stereocenters. The van der Waals surface area contributed by atoms with Gasteiger partial charge < -0.3 is 24.3 Å². The third-order valence-corrected chi connectivity index (χ3v) is 8.58. The van der Waals surface area contributed by atoms with Crippen LogP contribution >= 0.6 is 0 Å². The zero-order chi connectivity index (χ0) is 35.3. The Balaban J connectivity index is 1.45. The number of halogens is 8. The first kappa shape index (κ1) is 35.0. The Morgan fingerprint density at radius 1 is 1.00 bits per heavy atom. The summed E-state index contributed by atoms with van der Waals surface area (Å²) in [6.07, 6.45) is -9.88. The summed E-state index contributed by atoms with van der Waals surface area (Å²) < 4.78 is 124. The number of aromatic nitrogens is 1. The van der Waals surface area contributed by atoms with Gasteiger partial charge in [0.1, 0.15) is 23.2 Å². The summed E-state index contributed by atoms with van der Waals surface area (Å²) in [4.78, 5) is 39.5. The van der Waals surface area contributed by atoms with Crippen molar-refractivity contribution in [1.82, 2.24) is 9.88 Å². The number of fused-ring (bicyclic) bond motifs is 1. The molecule has 5 rings (SSSR count). The summed E-state index contributed by atoms with van der Waals surface area (Å²) in [7, 11) is 1.34. The van der Waals surface area contributed by atoms with Crippen molar-refractivity contribution < 1.29 is 54.2 Å². The molecule has 1 aromatic heterocycles. The van der Waals surface area contributed by atoms with Gasteiger partial charge in [0.2, 0.25) is 0 Å². The number of Topliss-reactive ketones (excluding diaryl/α,β-unsaturated/α-hetero) is 1. The summed E-state index contributed by atoms with van der Waals surface area (Å²) in [5.41, 5.74) is -3.06. The van der Waals surface area contributed by atoms with Crippen LogP contribution in [0.15, 0.2) is 35.1 Å². The van der Waals surface area contributed by atoms with Gasteiger partial charge in [0.25, 0.3) is 11.5 Å². The third kappa shape index (κ3) is 6.67. The van der Waals surface area contributed by atoms with Crippen LogP contribution in [0, 0.1) is 18.6 Å². The molecule has 2 atom stereocenters. The minimum atomic E-state index is -4.85. The van der Waals surface area contributed by atoms with Crippen LogP contribution in [-0.2, 0) is 47.1 Å². The van der Waals surface area contributed by atoms with E-state index in [1.807, 2.05) is 0 Å². The molecule has 1 saturated heterocycles. The van der Waals surface area contributed by atoms with E-state index < -0.39 is 82.3 Å². The molecule has 1 N–H and O–H groups in total. The Morgan fingerprint density at radius 2 is 1.65 bits per heavy atom. The number of benzene rings is 2. The first-order valence-corrected chi connectivity index (χ1v) is 14.6. The van der Waals surface area contributed by atoms with Crippen LogP contribution in [0.1, 0.15) is 45.2 Å². The van der Waals surface area contributed by atoms with Gasteiger partial charge in [-0.1, -0.05) is 12.1 Å². The maximum Gasteiger partial charge on any atom is 0.417 e. The van der Waals surface area contributed by atoms with E-state index in [2.05, 4.69) is 5.32 Å². The third-order valence-electron chi connectivity index (χ3n) is 8.58. The molecule has 48 heavy (non-hydrogen) atoms. The number of anilines is 1. The van der Waals surface area contributed by atoms with Gasteiger partial charge in [0, 0.05) is 31.4 Å². The Hall–Kier alpha value is -4.31. The highest BCUT2D eigenvalue weighted by molar-refractivity contribution is 5.98. The van der Waals surface area contributed by atoms with E-state index in [1.165, 1.54) is 26.1 Å². The zero-order valence-corrected chi connectivity index (χ0v) is 25.7. The topological polar surface area (TPSA) is 89.9 Å². The molecule has 16 heteroatoms. The number of hydrogen-bond acceptors (Lipinski definition) is 6. The normalized spacial score (nSPS) is 17.3. The minimum Gasteiger partial charge on any atom is -0.377 e. The molecule has 3 heterocycles. The number of nitrogens with one attached hydrogen (secondary N) is 1. The highest BCUT2D eigenvalue weighted by Crippen LogP contribution is 2.40. The summed E-state index contributed by atoms with van der Waals surface area (Å²) >= 11 is 0. The summed E-state index contributed by atoms with van der Waals surface area (Å²) in [5.74, 6) is -4.91. The lowest BCUT2D eigenvalue weighted by Gasteiger charge is -2.38. The quantitative estimate of drug-likeness (QED) is 0.336. The Kier molecular flexibility index (Phi) is 9.45. The summed E-state index contributed by atoms with van der Waals surface area (Å²) in [6.45, 7) is 1.04. The number of carbonyl (C=O) groups excluding carboxylic acids is 2. The number of morpholine rings is 1. The van der Waals surface area contributed by atoms with Crippen LogP contribution in [0.2, 0.25) is 0 Å². The van der Waals surface area contributed by atoms with Crippen LogP contribution in [0.4, 0.5) is 40.8 Å². The molecule has 8 nitrogen and oxygen atoms in total. The number of nitrogens with zero attached hydrogens (tertiary/aromatic N) is 2. The van der Waals surface area contributed by atoms with Crippen molar-refractivity contribution in [3.8, 4) is 11.1 Å². The van der Waals surface area contributed by atoms with Gasteiger partial charge in [-0.05, 0) is 54.3 Å². The highest BCUT2D eigenvalue weighted by atomic mass is 19.4. The number of pyridine rings is 1. The predicted molar refractivity (Wildman–Crippen MR) is 155 cm³/mol. The fourth-order valence-corrected chi connectivity index (χ4v) is 5.94. The Morgan fingerprint density at radius 3 is 2.25 bits per heavy atom. The van der Waals surface area contributed by atoms with Crippen molar-refractivity contribution in [2.45, 2.75) is 57.9 Å². The molecule has 1 amide bonds. The van der Waals surface area contributed by atoms with Crippen LogP contribution < -0.4 is 15.8 Å². The first-order valence-electron chi connectivity index (χ1n) is 14.6. The van der Waals surface area contributed by atoms with E-state index in [0.29, 0.717) is 23.3 Å². The molecular formula is C32H29F8N3O5. The first-order chi connectivity index (χ1) is 22.4. The smallest absolute Gasteiger partial charge is 0.377 e. The second kappa shape index (κ2) is 13.0. The maximum atomic E-state index is 15.2. The average molecular weight is 688 g/mol. The lowest BCUT2D eigenvalue weighted by atomic mass is 9.89. The summed E-state index contributed by atoms with van der Waals surface area (Å²) in [6, 6.07) is 1.20. The average Bonchev–Trinajstić information content (AvgIpc) is 3.49. The molecule has 0 bridgehead atoms. The van der Waals surface area contributed by atoms with Crippen molar-refractivity contribution in [1.29, 1.82) is 0 Å². The lowest BCUT2D eigenvalue weighted by molar-refractivity contribution is -0.167. The van der Waals surface area contributed by atoms with Crippen molar-refractivity contribution in [3.05, 3.63) is 85.8 Å². The highest BCUT2D eigenvalue weighted by Gasteiger charge is 2.46. The van der Waals surface area contributed by atoms with E-state index >= 15 is 8.78 Å². The summed E-state index contributed by atoms with van der Waals surface area (Å²) in [5, 5.41) is 2.26. The SMILES string of the molecule is CC(=O)[C@H](Cc1ccc(-c2c(C(F)(F)F)cc(C)n(C)c2=O)c2c1COC2)NC(=O)c1c(F)cc(N2CCOC[C@@H]2C(F)(F)F)cc1F. The molecule has 0 radical (unpaired) electrons. The van der Waals surface area contributed by atoms with Gasteiger partial charge in [-0.3, -0.25) is 14.4 Å². The fraction of sp³-hybridized carbons (Fsp3) is 0.406. The van der Waals surface area contributed by atoms with Gasteiger partial charge in [-0.15, -0.1) is 0 Å². The van der Waals surface area contributed by atoms with Crippen LogP contribution in [0.25, 0.3) is 11.1 Å². The molecule has 2 aliphatic heterocycles. The van der Waals surface area contributed by atoms with Crippen LogP contribution in [0.3, 0.4) is 0 Å². The molecule has 0 aliphatic carbocycles. The molecule has 1 fully saturated rings. The predicted octanol–water partition coefficient (Wildman–Crippen LogP) is 5.39. The number of ether oxygens (including phenoxy) is 2. The van der Waals surface area contributed by atoms with E-state index in [4.69, 9.17) is 9.47 Å². The number of amides is 1. The largest absolute Gasteiger partial charge is 0.417 e. The van der Waals surface area contributed by atoms with Crippen molar-refractivity contribution in [3.63, 3.8) is 0 Å². The van der Waals surface area contributed by atoms with E-state index in [1.54, 1.807) is 0 Å². The monoisotopic (exact) mass is 687 g/mol. The number of alkyl halides is 6. The second-order valence-electron chi connectivity index (χ2n) is 11.6. The number of rotatable bonds is 7. The lowest BCUT2D eigenvalue weighted by Crippen LogP contribution is -2.53. The number of ketones is 1. The number of carbonyl (C=O) groups is 2. The van der Waals surface area contributed by atoms with Gasteiger partial charge in [0.05, 0.1) is 43.6 Å². The van der Waals surface area contributed by atoms with Crippen molar-refractivity contribution in [2.75, 3.05) is 24.7 Å². The fourth-order valence-electron chi connectivity index (χ4n) is 5.94. The van der Waals surface area contributed by atoms with Gasteiger partial charge in [-0.2, -0.15) is 26.3 Å². The molecule has 2 aromatic carbocycles. The molecule has 2 aliphatic rings. The standard InChI is InChI=1S/C32H29F8N3O5/c1-15-8-22(31(35,36)37)27(30(46)42(15)3)19-5-4-17(20-12-48-13-21(19)20)9-25(16(2)44)41-29(45)28-23(33)10-18(11-24(28)34)43-6-7-47-14-26(43)32(38,39)40/h4-5,8,10-11,25-26H,6-7,9,12-14H2,1-3H3,(H,41,45)/t25-,26+/m0/s1.